The first-order valence-electron chi connectivity index (χ1n) is 9.77. The zero-order chi connectivity index (χ0) is 22.3. The van der Waals surface area contributed by atoms with Crippen LogP contribution in [0.3, 0.4) is 0 Å². The van der Waals surface area contributed by atoms with Crippen molar-refractivity contribution < 1.29 is 22.7 Å². The lowest BCUT2D eigenvalue weighted by Gasteiger charge is -2.18. The van der Waals surface area contributed by atoms with Gasteiger partial charge in [-0.2, -0.15) is 4.31 Å². The minimum Gasteiger partial charge on any atom is -0.497 e. The first-order valence-corrected chi connectivity index (χ1v) is 11.2. The molecule has 0 aromatic heterocycles. The van der Waals surface area contributed by atoms with Gasteiger partial charge in [0.15, 0.2) is 6.10 Å². The third-order valence-corrected chi connectivity index (χ3v) is 6.28. The molecule has 0 aliphatic heterocycles. The molecule has 30 heavy (non-hydrogen) atoms. The summed E-state index contributed by atoms with van der Waals surface area (Å²) in [5.74, 6) is 1.28. The molecule has 0 radical (unpaired) electrons. The monoisotopic (exact) mass is 434 g/mol. The van der Waals surface area contributed by atoms with E-state index >= 15 is 0 Å². The number of carbonyl (C=O) groups is 1. The summed E-state index contributed by atoms with van der Waals surface area (Å²) in [5.41, 5.74) is 0.850. The highest BCUT2D eigenvalue weighted by molar-refractivity contribution is 7.89. The lowest BCUT2D eigenvalue weighted by molar-refractivity contribution is -0.127. The Bertz CT molecular complexity index is 925. The maximum absolute atomic E-state index is 12.8. The lowest BCUT2D eigenvalue weighted by atomic mass is 10.2. The molecule has 0 saturated heterocycles. The maximum Gasteiger partial charge on any atom is 0.260 e. The predicted molar refractivity (Wildman–Crippen MR) is 116 cm³/mol. The van der Waals surface area contributed by atoms with E-state index in [1.54, 1.807) is 38.3 Å². The summed E-state index contributed by atoms with van der Waals surface area (Å²) in [7, 11) is -0.551. The second-order valence-corrected chi connectivity index (χ2v) is 9.52. The molecular formula is C22H30N2O5S. The van der Waals surface area contributed by atoms with Gasteiger partial charge in [0.1, 0.15) is 11.5 Å². The van der Waals surface area contributed by atoms with E-state index in [0.29, 0.717) is 24.0 Å². The summed E-state index contributed by atoms with van der Waals surface area (Å²) in [6.45, 7) is 6.48. The minimum atomic E-state index is -3.67. The van der Waals surface area contributed by atoms with Gasteiger partial charge in [0, 0.05) is 20.1 Å². The Labute approximate surface area is 179 Å². The molecule has 0 aliphatic rings. The van der Waals surface area contributed by atoms with Gasteiger partial charge in [0.2, 0.25) is 10.0 Å². The molecule has 2 aromatic carbocycles. The van der Waals surface area contributed by atoms with Crippen molar-refractivity contribution in [2.24, 2.45) is 5.92 Å². The Balaban J connectivity index is 2.01. The molecule has 8 heteroatoms. The van der Waals surface area contributed by atoms with Gasteiger partial charge in [-0.3, -0.25) is 4.79 Å². The van der Waals surface area contributed by atoms with Crippen LogP contribution in [0.2, 0.25) is 0 Å². The topological polar surface area (TPSA) is 84.9 Å². The van der Waals surface area contributed by atoms with E-state index in [4.69, 9.17) is 9.47 Å². The molecule has 7 nitrogen and oxygen atoms in total. The van der Waals surface area contributed by atoms with Crippen LogP contribution in [0.25, 0.3) is 0 Å². The number of carbonyl (C=O) groups excluding carboxylic acids is 1. The number of sulfonamides is 1. The van der Waals surface area contributed by atoms with Gasteiger partial charge in [-0.05, 0) is 54.8 Å². The fourth-order valence-corrected chi connectivity index (χ4v) is 3.81. The molecule has 0 bridgehead atoms. The fraction of sp³-hybridized carbons (Fsp3) is 0.409. The summed E-state index contributed by atoms with van der Waals surface area (Å²) in [6, 6.07) is 13.3. The molecule has 1 amide bonds. The SMILES string of the molecule is COc1ccc(CN(C)S(=O)(=O)c2ccc(O[C@@H](C)C(=O)NCC(C)C)cc2)cc1. The number of nitrogens with one attached hydrogen (secondary N) is 1. The van der Waals surface area contributed by atoms with Crippen LogP contribution in [0.15, 0.2) is 53.4 Å². The third-order valence-electron chi connectivity index (χ3n) is 4.46. The first kappa shape index (κ1) is 23.7. The van der Waals surface area contributed by atoms with E-state index in [0.717, 1.165) is 5.56 Å². The molecule has 2 aromatic rings. The summed E-state index contributed by atoms with van der Waals surface area (Å²) in [6.07, 6.45) is -0.677. The molecule has 1 N–H and O–H groups in total. The van der Waals surface area contributed by atoms with Crippen LogP contribution >= 0.6 is 0 Å². The number of rotatable bonds is 10. The molecule has 2 rings (SSSR count). The summed E-state index contributed by atoms with van der Waals surface area (Å²) in [4.78, 5) is 12.2. The maximum atomic E-state index is 12.8. The van der Waals surface area contributed by atoms with Gasteiger partial charge in [-0.25, -0.2) is 8.42 Å². The molecule has 0 aliphatic carbocycles. The molecule has 164 valence electrons. The highest BCUT2D eigenvalue weighted by Crippen LogP contribution is 2.21. The average Bonchev–Trinajstić information content (AvgIpc) is 2.72. The van der Waals surface area contributed by atoms with Gasteiger partial charge in [0.25, 0.3) is 5.91 Å². The molecular weight excluding hydrogens is 404 g/mol. The zero-order valence-electron chi connectivity index (χ0n) is 18.1. The van der Waals surface area contributed by atoms with Crippen molar-refractivity contribution in [1.29, 1.82) is 0 Å². The molecule has 1 atom stereocenters. The quantitative estimate of drug-likeness (QED) is 0.621. The predicted octanol–water partition coefficient (Wildman–Crippen LogP) is 3.06. The van der Waals surface area contributed by atoms with Crippen molar-refractivity contribution >= 4 is 15.9 Å². The fourth-order valence-electron chi connectivity index (χ4n) is 2.65. The van der Waals surface area contributed by atoms with Crippen molar-refractivity contribution in [2.75, 3.05) is 20.7 Å². The Morgan fingerprint density at radius 2 is 1.57 bits per heavy atom. The van der Waals surface area contributed by atoms with Gasteiger partial charge in [0.05, 0.1) is 12.0 Å². The summed E-state index contributed by atoms with van der Waals surface area (Å²) < 4.78 is 37.7. The second-order valence-electron chi connectivity index (χ2n) is 7.48. The van der Waals surface area contributed by atoms with Gasteiger partial charge >= 0.3 is 0 Å². The summed E-state index contributed by atoms with van der Waals surface area (Å²) in [5, 5.41) is 2.81. The van der Waals surface area contributed by atoms with Gasteiger partial charge in [-0.15, -0.1) is 0 Å². The lowest BCUT2D eigenvalue weighted by Crippen LogP contribution is -2.38. The van der Waals surface area contributed by atoms with E-state index in [-0.39, 0.29) is 17.3 Å². The number of benzene rings is 2. The number of ether oxygens (including phenoxy) is 2. The molecule has 0 fully saturated rings. The largest absolute Gasteiger partial charge is 0.497 e. The Morgan fingerprint density at radius 3 is 2.10 bits per heavy atom. The van der Waals surface area contributed by atoms with Crippen molar-refractivity contribution in [2.45, 2.75) is 38.3 Å². The molecule has 0 heterocycles. The number of hydrogen-bond donors (Lipinski definition) is 1. The van der Waals surface area contributed by atoms with E-state index in [1.807, 2.05) is 26.0 Å². The van der Waals surface area contributed by atoms with Crippen LogP contribution in [0.5, 0.6) is 11.5 Å². The Kier molecular flexibility index (Phi) is 8.25. The highest BCUT2D eigenvalue weighted by atomic mass is 32.2. The van der Waals surface area contributed by atoms with E-state index < -0.39 is 16.1 Å². The standard InChI is InChI=1S/C22H30N2O5S/c1-16(2)14-23-22(25)17(3)29-20-10-12-21(13-11-20)30(26,27)24(4)15-18-6-8-19(28-5)9-7-18/h6-13,16-17H,14-15H2,1-5H3,(H,23,25)/t17-/m0/s1. The number of methoxy groups -OCH3 is 1. The van der Waals surface area contributed by atoms with Crippen LogP contribution < -0.4 is 14.8 Å². The van der Waals surface area contributed by atoms with Crippen LogP contribution in [0, 0.1) is 5.92 Å². The van der Waals surface area contributed by atoms with Gasteiger partial charge < -0.3 is 14.8 Å². The average molecular weight is 435 g/mol. The van der Waals surface area contributed by atoms with E-state index in [2.05, 4.69) is 5.32 Å². The minimum absolute atomic E-state index is 0.155. The van der Waals surface area contributed by atoms with Crippen molar-refractivity contribution in [3.05, 3.63) is 54.1 Å². The summed E-state index contributed by atoms with van der Waals surface area (Å²) >= 11 is 0. The van der Waals surface area contributed by atoms with Crippen LogP contribution in [0.1, 0.15) is 26.3 Å². The van der Waals surface area contributed by atoms with E-state index in [1.165, 1.54) is 23.5 Å². The third kappa shape index (κ3) is 6.47. The molecule has 0 unspecified atom stereocenters. The first-order chi connectivity index (χ1) is 14.1. The second kappa shape index (κ2) is 10.4. The smallest absolute Gasteiger partial charge is 0.260 e. The number of nitrogens with zero attached hydrogens (tertiary/aromatic N) is 1. The van der Waals surface area contributed by atoms with Crippen molar-refractivity contribution in [3.63, 3.8) is 0 Å². The van der Waals surface area contributed by atoms with Crippen molar-refractivity contribution in [1.82, 2.24) is 9.62 Å². The van der Waals surface area contributed by atoms with Crippen LogP contribution in [0.4, 0.5) is 0 Å². The van der Waals surface area contributed by atoms with E-state index in [9.17, 15) is 13.2 Å². The normalized spacial score (nSPS) is 12.6. The number of hydrogen-bond acceptors (Lipinski definition) is 5. The van der Waals surface area contributed by atoms with Gasteiger partial charge in [-0.1, -0.05) is 26.0 Å². The van der Waals surface area contributed by atoms with Crippen LogP contribution in [-0.2, 0) is 21.4 Å². The highest BCUT2D eigenvalue weighted by Gasteiger charge is 2.21. The zero-order valence-corrected chi connectivity index (χ0v) is 18.9. The Morgan fingerprint density at radius 1 is 1.00 bits per heavy atom. The number of amides is 1. The Hall–Kier alpha value is -2.58. The molecule has 0 spiro atoms. The molecule has 0 saturated carbocycles. The van der Waals surface area contributed by atoms with Crippen LogP contribution in [-0.4, -0.2) is 45.4 Å². The van der Waals surface area contributed by atoms with Crippen molar-refractivity contribution in [3.8, 4) is 11.5 Å².